The van der Waals surface area contributed by atoms with E-state index in [2.05, 4.69) is 47.5 Å². The lowest BCUT2D eigenvalue weighted by molar-refractivity contribution is -0.145. The molecule has 0 bridgehead atoms. The minimum absolute atomic E-state index is 0.0500. The van der Waals surface area contributed by atoms with Gasteiger partial charge in [0, 0.05) is 44.0 Å². The first kappa shape index (κ1) is 26.4. The second-order valence-corrected chi connectivity index (χ2v) is 10.6. The van der Waals surface area contributed by atoms with E-state index in [1.807, 2.05) is 11.8 Å². The van der Waals surface area contributed by atoms with Gasteiger partial charge >= 0.3 is 5.97 Å². The number of nitrogens with zero attached hydrogens (tertiary/aromatic N) is 3. The standard InChI is InChI=1S/C28H37N3O4S/c1-4-35-26(33)11-10-25(32)29-14-7-15-30(18-17-29)28(34)21(3)31-16-12-24-23(13-19-36-24)27(31)22-9-6-5-8-20(22)2/h5-6,8-9,13,19,21,27H,4,7,10-12,14-18H2,1-3H3/t21-,27-/m1/s1. The molecule has 0 spiro atoms. The topological polar surface area (TPSA) is 70.2 Å². The lowest BCUT2D eigenvalue weighted by Crippen LogP contribution is -2.51. The van der Waals surface area contributed by atoms with E-state index in [1.165, 1.54) is 21.6 Å². The molecule has 3 heterocycles. The van der Waals surface area contributed by atoms with Gasteiger partial charge in [-0.2, -0.15) is 0 Å². The van der Waals surface area contributed by atoms with E-state index in [-0.39, 0.29) is 42.7 Å². The van der Waals surface area contributed by atoms with Crippen molar-refractivity contribution in [2.45, 2.75) is 58.5 Å². The van der Waals surface area contributed by atoms with Crippen LogP contribution in [-0.2, 0) is 25.5 Å². The average Bonchev–Trinajstić information content (AvgIpc) is 3.22. The smallest absolute Gasteiger partial charge is 0.306 e. The normalized spacial score (nSPS) is 19.4. The van der Waals surface area contributed by atoms with Crippen molar-refractivity contribution in [1.82, 2.24) is 14.7 Å². The van der Waals surface area contributed by atoms with Crippen molar-refractivity contribution < 1.29 is 19.1 Å². The highest BCUT2D eigenvalue weighted by atomic mass is 32.1. The number of hydrogen-bond donors (Lipinski definition) is 0. The Kier molecular flexibility index (Phi) is 8.80. The van der Waals surface area contributed by atoms with Crippen LogP contribution < -0.4 is 0 Å². The third-order valence-electron chi connectivity index (χ3n) is 7.35. The summed E-state index contributed by atoms with van der Waals surface area (Å²) in [6.45, 7) is 9.34. The number of rotatable bonds is 7. The van der Waals surface area contributed by atoms with E-state index in [1.54, 1.807) is 23.2 Å². The van der Waals surface area contributed by atoms with Crippen LogP contribution >= 0.6 is 11.3 Å². The molecular weight excluding hydrogens is 474 g/mol. The number of ether oxygens (including phenoxy) is 1. The summed E-state index contributed by atoms with van der Waals surface area (Å²) in [5.41, 5.74) is 3.80. The fourth-order valence-corrected chi connectivity index (χ4v) is 6.29. The molecule has 1 aromatic heterocycles. The van der Waals surface area contributed by atoms with Crippen LogP contribution in [0.15, 0.2) is 35.7 Å². The minimum Gasteiger partial charge on any atom is -0.466 e. The predicted octanol–water partition coefficient (Wildman–Crippen LogP) is 3.80. The van der Waals surface area contributed by atoms with Gasteiger partial charge in [-0.15, -0.1) is 11.3 Å². The molecule has 0 N–H and O–H groups in total. The summed E-state index contributed by atoms with van der Waals surface area (Å²) in [4.78, 5) is 45.5. The SMILES string of the molecule is CCOC(=O)CCC(=O)N1CCCN(C(=O)[C@@H](C)N2CCc3sccc3[C@H]2c2ccccc2C)CC1. The average molecular weight is 512 g/mol. The van der Waals surface area contributed by atoms with E-state index in [0.717, 1.165) is 19.4 Å². The molecule has 4 rings (SSSR count). The lowest BCUT2D eigenvalue weighted by atomic mass is 9.89. The van der Waals surface area contributed by atoms with Gasteiger partial charge in [-0.05, 0) is 61.7 Å². The van der Waals surface area contributed by atoms with E-state index in [0.29, 0.717) is 32.8 Å². The van der Waals surface area contributed by atoms with Gasteiger partial charge in [-0.25, -0.2) is 0 Å². The molecule has 0 aliphatic carbocycles. The molecule has 2 amide bonds. The molecule has 194 valence electrons. The molecule has 2 atom stereocenters. The zero-order valence-electron chi connectivity index (χ0n) is 21.6. The first-order chi connectivity index (χ1) is 17.4. The highest BCUT2D eigenvalue weighted by Crippen LogP contribution is 2.40. The van der Waals surface area contributed by atoms with Crippen molar-refractivity contribution in [3.63, 3.8) is 0 Å². The Hall–Kier alpha value is -2.71. The maximum Gasteiger partial charge on any atom is 0.306 e. The van der Waals surface area contributed by atoms with Crippen LogP contribution in [0.25, 0.3) is 0 Å². The molecule has 1 saturated heterocycles. The first-order valence-corrected chi connectivity index (χ1v) is 13.9. The monoisotopic (exact) mass is 511 g/mol. The maximum atomic E-state index is 13.7. The third-order valence-corrected chi connectivity index (χ3v) is 8.35. The van der Waals surface area contributed by atoms with Gasteiger partial charge in [-0.3, -0.25) is 19.3 Å². The second kappa shape index (κ2) is 12.0. The van der Waals surface area contributed by atoms with Crippen LogP contribution in [-0.4, -0.2) is 77.9 Å². The number of hydrogen-bond acceptors (Lipinski definition) is 6. The molecule has 0 unspecified atom stereocenters. The van der Waals surface area contributed by atoms with E-state index < -0.39 is 0 Å². The van der Waals surface area contributed by atoms with Gasteiger partial charge in [0.1, 0.15) is 0 Å². The molecule has 2 aliphatic heterocycles. The molecule has 1 aromatic carbocycles. The van der Waals surface area contributed by atoms with Crippen molar-refractivity contribution in [1.29, 1.82) is 0 Å². The zero-order valence-corrected chi connectivity index (χ0v) is 22.4. The van der Waals surface area contributed by atoms with Crippen LogP contribution in [0, 0.1) is 6.92 Å². The fourth-order valence-electron chi connectivity index (χ4n) is 5.39. The van der Waals surface area contributed by atoms with Crippen molar-refractivity contribution in [2.24, 2.45) is 0 Å². The van der Waals surface area contributed by atoms with Gasteiger partial charge in [0.2, 0.25) is 11.8 Å². The van der Waals surface area contributed by atoms with Crippen molar-refractivity contribution in [2.75, 3.05) is 39.3 Å². The van der Waals surface area contributed by atoms with Gasteiger partial charge in [-0.1, -0.05) is 24.3 Å². The summed E-state index contributed by atoms with van der Waals surface area (Å²) in [7, 11) is 0. The van der Waals surface area contributed by atoms with Gasteiger partial charge < -0.3 is 14.5 Å². The maximum absolute atomic E-state index is 13.7. The highest BCUT2D eigenvalue weighted by molar-refractivity contribution is 7.10. The molecule has 2 aliphatic rings. The summed E-state index contributed by atoms with van der Waals surface area (Å²) < 4.78 is 4.93. The van der Waals surface area contributed by atoms with Crippen molar-refractivity contribution in [3.05, 3.63) is 57.3 Å². The van der Waals surface area contributed by atoms with E-state index >= 15 is 0 Å². The molecule has 8 heteroatoms. The molecule has 1 fully saturated rings. The number of esters is 1. The fraction of sp³-hybridized carbons (Fsp3) is 0.536. The third kappa shape index (κ3) is 5.81. The summed E-state index contributed by atoms with van der Waals surface area (Å²) in [5, 5.41) is 2.16. The number of amides is 2. The Bertz CT molecular complexity index is 1080. The second-order valence-electron chi connectivity index (χ2n) is 9.59. The number of fused-ring (bicyclic) bond motifs is 1. The van der Waals surface area contributed by atoms with Crippen LogP contribution in [0.3, 0.4) is 0 Å². The summed E-state index contributed by atoms with van der Waals surface area (Å²) in [6.07, 6.45) is 1.94. The van der Waals surface area contributed by atoms with Gasteiger partial charge in [0.15, 0.2) is 0 Å². The van der Waals surface area contributed by atoms with E-state index in [9.17, 15) is 14.4 Å². The highest BCUT2D eigenvalue weighted by Gasteiger charge is 2.37. The van der Waals surface area contributed by atoms with Gasteiger partial charge in [0.25, 0.3) is 0 Å². The van der Waals surface area contributed by atoms with Crippen LogP contribution in [0.5, 0.6) is 0 Å². The van der Waals surface area contributed by atoms with E-state index in [4.69, 9.17) is 4.74 Å². The summed E-state index contributed by atoms with van der Waals surface area (Å²) in [5.74, 6) is -0.274. The quantitative estimate of drug-likeness (QED) is 0.529. The minimum atomic E-state index is -0.343. The largest absolute Gasteiger partial charge is 0.466 e. The predicted molar refractivity (Wildman–Crippen MR) is 141 cm³/mol. The zero-order chi connectivity index (χ0) is 25.7. The molecule has 2 aromatic rings. The lowest BCUT2D eigenvalue weighted by Gasteiger charge is -2.41. The van der Waals surface area contributed by atoms with Crippen molar-refractivity contribution in [3.8, 4) is 0 Å². The van der Waals surface area contributed by atoms with Crippen LogP contribution in [0.4, 0.5) is 0 Å². The van der Waals surface area contributed by atoms with Gasteiger partial charge in [0.05, 0.1) is 25.1 Å². The molecule has 7 nitrogen and oxygen atoms in total. The summed E-state index contributed by atoms with van der Waals surface area (Å²) >= 11 is 1.81. The number of thiophene rings is 1. The Morgan fingerprint density at radius 1 is 1.00 bits per heavy atom. The number of benzene rings is 1. The number of carbonyl (C=O) groups excluding carboxylic acids is 3. The van der Waals surface area contributed by atoms with Crippen LogP contribution in [0.2, 0.25) is 0 Å². The molecule has 0 radical (unpaired) electrons. The Balaban J connectivity index is 1.43. The Labute approximate surface area is 218 Å². The number of carbonyl (C=O) groups is 3. The molecule has 36 heavy (non-hydrogen) atoms. The summed E-state index contributed by atoms with van der Waals surface area (Å²) in [6, 6.07) is 10.5. The number of aryl methyl sites for hydroxylation is 1. The van der Waals surface area contributed by atoms with Crippen LogP contribution in [0.1, 0.15) is 60.7 Å². The molecular formula is C28H37N3O4S. The van der Waals surface area contributed by atoms with Crippen molar-refractivity contribution >= 4 is 29.1 Å². The molecule has 0 saturated carbocycles. The Morgan fingerprint density at radius 2 is 1.75 bits per heavy atom. The first-order valence-electron chi connectivity index (χ1n) is 13.0. The Morgan fingerprint density at radius 3 is 2.53 bits per heavy atom.